The van der Waals surface area contributed by atoms with Crippen molar-refractivity contribution >= 4 is 28.6 Å². The lowest BCUT2D eigenvalue weighted by Gasteiger charge is -2.36. The molecular weight excluding hydrogens is 295 g/mol. The first-order chi connectivity index (χ1) is 5.95. The second-order valence-electron chi connectivity index (χ2n) is 2.71. The minimum atomic E-state index is -1.57. The summed E-state index contributed by atoms with van der Waals surface area (Å²) in [6.07, 6.45) is -5.76. The van der Waals surface area contributed by atoms with E-state index in [1.807, 2.05) is 0 Å². The third-order valence-electron chi connectivity index (χ3n) is 1.79. The van der Waals surface area contributed by atoms with Crippen molar-refractivity contribution in [2.24, 2.45) is 0 Å². The van der Waals surface area contributed by atoms with Crippen LogP contribution >= 0.6 is 22.6 Å². The van der Waals surface area contributed by atoms with Crippen molar-refractivity contribution in [2.45, 2.75) is 28.5 Å². The summed E-state index contributed by atoms with van der Waals surface area (Å²) in [4.78, 5) is 10.5. The Labute approximate surface area is 87.3 Å². The Morgan fingerprint density at radius 2 is 1.77 bits per heavy atom. The number of alkyl halides is 1. The average molecular weight is 304 g/mol. The van der Waals surface area contributed by atoms with E-state index in [0.29, 0.717) is 0 Å². The topological polar surface area (TPSA) is 107 Å². The molecule has 0 saturated carbocycles. The summed E-state index contributed by atoms with van der Waals surface area (Å²) in [7, 11) is 0. The van der Waals surface area contributed by atoms with E-state index >= 15 is 0 Å². The summed E-state index contributed by atoms with van der Waals surface area (Å²) < 4.78 is 3.85. The predicted octanol–water partition coefficient (Wildman–Crippen LogP) is -1.69. The zero-order valence-electron chi connectivity index (χ0n) is 6.37. The van der Waals surface area contributed by atoms with Gasteiger partial charge in [0.2, 0.25) is 0 Å². The van der Waals surface area contributed by atoms with Gasteiger partial charge in [-0.3, -0.25) is 0 Å². The number of halogens is 1. The van der Waals surface area contributed by atoms with E-state index in [1.165, 1.54) is 0 Å². The summed E-state index contributed by atoms with van der Waals surface area (Å²) in [6, 6.07) is 0. The van der Waals surface area contributed by atoms with Crippen LogP contribution in [0.1, 0.15) is 0 Å². The standard InChI is InChI=1S/C6H9IO6/c7-1-2(8)3(9)4(5(10)11)13-6(1)12/h1-4,6,8-9,12H,(H,10,11)/t1-,2-,3+,4+,6-/m1/s1. The molecule has 0 bridgehead atoms. The van der Waals surface area contributed by atoms with Crippen molar-refractivity contribution in [2.75, 3.05) is 0 Å². The van der Waals surface area contributed by atoms with Gasteiger partial charge in [0.05, 0.1) is 10.0 Å². The van der Waals surface area contributed by atoms with Gasteiger partial charge in [-0.25, -0.2) is 4.79 Å². The van der Waals surface area contributed by atoms with Gasteiger partial charge in [-0.15, -0.1) is 0 Å². The van der Waals surface area contributed by atoms with Crippen LogP contribution in [-0.2, 0) is 9.53 Å². The van der Waals surface area contributed by atoms with Crippen molar-refractivity contribution in [3.63, 3.8) is 0 Å². The van der Waals surface area contributed by atoms with Gasteiger partial charge in [0.25, 0.3) is 0 Å². The van der Waals surface area contributed by atoms with Gasteiger partial charge in [-0.2, -0.15) is 0 Å². The predicted molar refractivity (Wildman–Crippen MR) is 48.3 cm³/mol. The number of aliphatic hydroxyl groups is 3. The largest absolute Gasteiger partial charge is 0.479 e. The lowest BCUT2D eigenvalue weighted by Crippen LogP contribution is -2.57. The molecule has 1 aliphatic heterocycles. The second-order valence-corrected chi connectivity index (χ2v) is 4.15. The first kappa shape index (κ1) is 11.1. The normalized spacial score (nSPS) is 46.0. The minimum absolute atomic E-state index is 0.733. The Morgan fingerprint density at radius 3 is 2.23 bits per heavy atom. The van der Waals surface area contributed by atoms with Gasteiger partial charge in [0.1, 0.15) is 6.10 Å². The van der Waals surface area contributed by atoms with Crippen molar-refractivity contribution in [1.29, 1.82) is 0 Å². The van der Waals surface area contributed by atoms with E-state index in [0.717, 1.165) is 0 Å². The summed E-state index contributed by atoms with van der Waals surface area (Å²) in [5.41, 5.74) is 0. The van der Waals surface area contributed by atoms with Gasteiger partial charge >= 0.3 is 5.97 Å². The maximum Gasteiger partial charge on any atom is 0.335 e. The molecule has 4 N–H and O–H groups in total. The molecular formula is C6H9IO6. The summed E-state index contributed by atoms with van der Waals surface area (Å²) in [5, 5.41) is 36.1. The number of aliphatic hydroxyl groups excluding tert-OH is 3. The van der Waals surface area contributed by atoms with Crippen LogP contribution in [-0.4, -0.2) is 54.9 Å². The number of hydrogen-bond acceptors (Lipinski definition) is 5. The quantitative estimate of drug-likeness (QED) is 0.340. The monoisotopic (exact) mass is 304 g/mol. The summed E-state index contributed by atoms with van der Waals surface area (Å²) >= 11 is 1.68. The lowest BCUT2D eigenvalue weighted by molar-refractivity contribution is -0.230. The molecule has 0 unspecified atom stereocenters. The third kappa shape index (κ3) is 2.10. The molecule has 0 aliphatic carbocycles. The Morgan fingerprint density at radius 1 is 1.23 bits per heavy atom. The highest BCUT2D eigenvalue weighted by Crippen LogP contribution is 2.25. The molecule has 0 aromatic rings. The molecule has 13 heavy (non-hydrogen) atoms. The van der Waals surface area contributed by atoms with Crippen LogP contribution in [0.15, 0.2) is 0 Å². The fourth-order valence-electron chi connectivity index (χ4n) is 1.05. The summed E-state index contributed by atoms with van der Waals surface area (Å²) in [5.74, 6) is -1.41. The molecule has 1 fully saturated rings. The Kier molecular flexibility index (Phi) is 3.46. The minimum Gasteiger partial charge on any atom is -0.479 e. The molecule has 7 heteroatoms. The van der Waals surface area contributed by atoms with E-state index in [-0.39, 0.29) is 0 Å². The Bertz CT molecular complexity index is 209. The zero-order chi connectivity index (χ0) is 10.2. The number of hydrogen-bond donors (Lipinski definition) is 4. The highest BCUT2D eigenvalue weighted by molar-refractivity contribution is 14.1. The molecule has 0 aromatic heterocycles. The van der Waals surface area contributed by atoms with E-state index in [9.17, 15) is 15.0 Å². The maximum absolute atomic E-state index is 10.5. The van der Waals surface area contributed by atoms with Crippen molar-refractivity contribution < 1.29 is 30.0 Å². The van der Waals surface area contributed by atoms with Crippen molar-refractivity contribution in [3.05, 3.63) is 0 Å². The maximum atomic E-state index is 10.5. The number of carboxylic acid groups (broad SMARTS) is 1. The number of rotatable bonds is 1. The van der Waals surface area contributed by atoms with Crippen LogP contribution in [0.4, 0.5) is 0 Å². The van der Waals surface area contributed by atoms with Crippen LogP contribution in [0, 0.1) is 0 Å². The molecule has 0 radical (unpaired) electrons. The van der Waals surface area contributed by atoms with Gasteiger partial charge in [0.15, 0.2) is 12.4 Å². The van der Waals surface area contributed by atoms with E-state index in [2.05, 4.69) is 4.74 Å². The molecule has 1 aliphatic rings. The van der Waals surface area contributed by atoms with Crippen molar-refractivity contribution in [3.8, 4) is 0 Å². The third-order valence-corrected chi connectivity index (χ3v) is 3.14. The van der Waals surface area contributed by atoms with Crippen LogP contribution in [0.3, 0.4) is 0 Å². The van der Waals surface area contributed by atoms with Gasteiger partial charge in [-0.05, 0) is 0 Å². The van der Waals surface area contributed by atoms with Crippen LogP contribution in [0.5, 0.6) is 0 Å². The average Bonchev–Trinajstić information content (AvgIpc) is 2.07. The van der Waals surface area contributed by atoms with Crippen LogP contribution in [0.25, 0.3) is 0 Å². The molecule has 0 amide bonds. The smallest absolute Gasteiger partial charge is 0.335 e. The zero-order valence-corrected chi connectivity index (χ0v) is 8.53. The van der Waals surface area contributed by atoms with E-state index in [4.69, 9.17) is 10.2 Å². The first-order valence-corrected chi connectivity index (χ1v) is 4.76. The van der Waals surface area contributed by atoms with Crippen molar-refractivity contribution in [1.82, 2.24) is 0 Å². The molecule has 76 valence electrons. The highest BCUT2D eigenvalue weighted by atomic mass is 127. The molecule has 1 saturated heterocycles. The van der Waals surface area contributed by atoms with E-state index in [1.54, 1.807) is 22.6 Å². The SMILES string of the molecule is O=C(O)[C@H]1O[C@@H](O)[C@H](I)[C@@H](O)[C@@H]1O. The number of carboxylic acids is 1. The van der Waals surface area contributed by atoms with Gasteiger partial charge in [0, 0.05) is 0 Å². The fraction of sp³-hybridized carbons (Fsp3) is 0.833. The van der Waals surface area contributed by atoms with Crippen LogP contribution < -0.4 is 0 Å². The molecule has 1 heterocycles. The van der Waals surface area contributed by atoms with Gasteiger partial charge in [-0.1, -0.05) is 22.6 Å². The number of ether oxygens (including phenoxy) is 1. The highest BCUT2D eigenvalue weighted by Gasteiger charge is 2.45. The first-order valence-electron chi connectivity index (χ1n) is 3.51. The number of carbonyl (C=O) groups is 1. The van der Waals surface area contributed by atoms with E-state index < -0.39 is 34.5 Å². The fourth-order valence-corrected chi connectivity index (χ4v) is 1.64. The molecule has 6 nitrogen and oxygen atoms in total. The Hall–Kier alpha value is 0.0400. The Balaban J connectivity index is 2.76. The molecule has 1 rings (SSSR count). The van der Waals surface area contributed by atoms with Crippen LogP contribution in [0.2, 0.25) is 0 Å². The summed E-state index contributed by atoms with van der Waals surface area (Å²) in [6.45, 7) is 0. The molecule has 0 aromatic carbocycles. The number of aliphatic carboxylic acids is 1. The lowest BCUT2D eigenvalue weighted by atomic mass is 10.0. The molecule has 0 spiro atoms. The molecule has 5 atom stereocenters. The van der Waals surface area contributed by atoms with Gasteiger partial charge < -0.3 is 25.2 Å². The second kappa shape index (κ2) is 4.05.